The molecule has 110 valence electrons. The van der Waals surface area contributed by atoms with E-state index in [1.807, 2.05) is 6.26 Å². The summed E-state index contributed by atoms with van der Waals surface area (Å²) in [4.78, 5) is 34.1. The maximum Gasteiger partial charge on any atom is 0.326 e. The largest absolute Gasteiger partial charge is 0.481 e. The molecule has 0 spiro atoms. The van der Waals surface area contributed by atoms with E-state index < -0.39 is 30.6 Å². The second-order valence-electron chi connectivity index (χ2n) is 3.89. The molecule has 0 aliphatic heterocycles. The van der Waals surface area contributed by atoms with E-state index in [1.165, 1.54) is 11.8 Å². The fraction of sp³-hybridized carbons (Fsp3) is 0.727. The van der Waals surface area contributed by atoms with Gasteiger partial charge in [-0.1, -0.05) is 0 Å². The van der Waals surface area contributed by atoms with E-state index in [2.05, 4.69) is 0 Å². The Morgan fingerprint density at radius 2 is 1.84 bits per heavy atom. The van der Waals surface area contributed by atoms with Crippen LogP contribution in [-0.2, 0) is 14.4 Å². The fourth-order valence-electron chi connectivity index (χ4n) is 1.53. The highest BCUT2D eigenvalue weighted by atomic mass is 32.2. The van der Waals surface area contributed by atoms with Crippen molar-refractivity contribution in [2.75, 3.05) is 18.7 Å². The number of aliphatic hydroxyl groups excluding tert-OH is 1. The molecule has 0 rings (SSSR count). The van der Waals surface area contributed by atoms with Gasteiger partial charge in [0.25, 0.3) is 0 Å². The fourth-order valence-corrected chi connectivity index (χ4v) is 1.99. The van der Waals surface area contributed by atoms with Gasteiger partial charge in [0.15, 0.2) is 0 Å². The van der Waals surface area contributed by atoms with Crippen LogP contribution in [0.5, 0.6) is 0 Å². The van der Waals surface area contributed by atoms with Gasteiger partial charge in [0.2, 0.25) is 5.91 Å². The molecule has 0 unspecified atom stereocenters. The van der Waals surface area contributed by atoms with Crippen LogP contribution in [0.15, 0.2) is 0 Å². The molecule has 7 nitrogen and oxygen atoms in total. The average Bonchev–Trinajstić information content (AvgIpc) is 2.33. The van der Waals surface area contributed by atoms with E-state index in [1.54, 1.807) is 0 Å². The van der Waals surface area contributed by atoms with Gasteiger partial charge in [-0.3, -0.25) is 9.59 Å². The summed E-state index contributed by atoms with van der Waals surface area (Å²) in [6, 6.07) is -1.07. The molecular formula is C11H19NO6S. The number of aliphatic hydroxyl groups is 1. The smallest absolute Gasteiger partial charge is 0.326 e. The number of amides is 1. The lowest BCUT2D eigenvalue weighted by Gasteiger charge is -2.26. The summed E-state index contributed by atoms with van der Waals surface area (Å²) in [5, 5.41) is 26.7. The summed E-state index contributed by atoms with van der Waals surface area (Å²) in [6.07, 6.45) is 1.93. The van der Waals surface area contributed by atoms with Crippen molar-refractivity contribution in [1.29, 1.82) is 0 Å². The Labute approximate surface area is 115 Å². The standard InChI is InChI=1S/C11H19NO6S/c1-19-6-5-8(11(17)18)12(7-13)9(14)3-2-4-10(15)16/h8,13H,2-7H2,1H3,(H,15,16)(H,17,18)/t8-/m0/s1. The summed E-state index contributed by atoms with van der Waals surface area (Å²) in [7, 11) is 0. The minimum atomic E-state index is -1.17. The van der Waals surface area contributed by atoms with Crippen LogP contribution in [0.2, 0.25) is 0 Å². The summed E-state index contributed by atoms with van der Waals surface area (Å²) >= 11 is 1.45. The molecule has 19 heavy (non-hydrogen) atoms. The molecule has 0 aliphatic rings. The van der Waals surface area contributed by atoms with Crippen LogP contribution in [0.1, 0.15) is 25.7 Å². The minimum absolute atomic E-state index is 0.0874. The number of carboxylic acid groups (broad SMARTS) is 2. The van der Waals surface area contributed by atoms with Crippen molar-refractivity contribution < 1.29 is 29.7 Å². The molecule has 1 amide bonds. The molecule has 0 aromatic heterocycles. The Morgan fingerprint density at radius 1 is 1.21 bits per heavy atom. The molecule has 0 aromatic carbocycles. The van der Waals surface area contributed by atoms with E-state index in [4.69, 9.17) is 15.3 Å². The molecule has 0 bridgehead atoms. The Kier molecular flexibility index (Phi) is 8.98. The number of carboxylic acids is 2. The van der Waals surface area contributed by atoms with Gasteiger partial charge in [-0.2, -0.15) is 11.8 Å². The molecule has 0 fully saturated rings. The van der Waals surface area contributed by atoms with Crippen LogP contribution in [0.25, 0.3) is 0 Å². The second-order valence-corrected chi connectivity index (χ2v) is 4.87. The van der Waals surface area contributed by atoms with Crippen LogP contribution >= 0.6 is 11.8 Å². The Bertz CT molecular complexity index is 322. The highest BCUT2D eigenvalue weighted by molar-refractivity contribution is 7.98. The average molecular weight is 293 g/mol. The Balaban J connectivity index is 4.51. The third-order valence-corrected chi connectivity index (χ3v) is 3.15. The summed E-state index contributed by atoms with van der Waals surface area (Å²) in [5.74, 6) is -2.18. The molecule has 8 heteroatoms. The van der Waals surface area contributed by atoms with Gasteiger partial charge in [0.05, 0.1) is 0 Å². The molecule has 0 radical (unpaired) electrons. The Morgan fingerprint density at radius 3 is 2.26 bits per heavy atom. The zero-order valence-corrected chi connectivity index (χ0v) is 11.6. The number of nitrogens with zero attached hydrogens (tertiary/aromatic N) is 1. The predicted octanol–water partition coefficient (Wildman–Crippen LogP) is 0.226. The van der Waals surface area contributed by atoms with Gasteiger partial charge in [-0.25, -0.2) is 4.79 Å². The van der Waals surface area contributed by atoms with Crippen LogP contribution in [0, 0.1) is 0 Å². The zero-order valence-electron chi connectivity index (χ0n) is 10.7. The first kappa shape index (κ1) is 17.7. The van der Waals surface area contributed by atoms with E-state index >= 15 is 0 Å². The molecule has 1 atom stereocenters. The van der Waals surface area contributed by atoms with Crippen LogP contribution in [0.4, 0.5) is 0 Å². The number of hydrogen-bond donors (Lipinski definition) is 3. The third kappa shape index (κ3) is 7.02. The maximum absolute atomic E-state index is 11.8. The van der Waals surface area contributed by atoms with Crippen molar-refractivity contribution in [2.24, 2.45) is 0 Å². The van der Waals surface area contributed by atoms with Crippen molar-refractivity contribution in [3.63, 3.8) is 0 Å². The maximum atomic E-state index is 11.8. The van der Waals surface area contributed by atoms with Crippen molar-refractivity contribution in [3.05, 3.63) is 0 Å². The highest BCUT2D eigenvalue weighted by Crippen LogP contribution is 2.11. The minimum Gasteiger partial charge on any atom is -0.481 e. The number of carbonyl (C=O) groups excluding carboxylic acids is 1. The van der Waals surface area contributed by atoms with Crippen molar-refractivity contribution in [2.45, 2.75) is 31.7 Å². The van der Waals surface area contributed by atoms with E-state index in [0.29, 0.717) is 5.75 Å². The molecule has 0 saturated heterocycles. The second kappa shape index (κ2) is 9.62. The first-order valence-corrected chi connectivity index (χ1v) is 7.17. The normalized spacial score (nSPS) is 11.9. The number of carbonyl (C=O) groups is 3. The number of aliphatic carboxylic acids is 2. The van der Waals surface area contributed by atoms with Crippen molar-refractivity contribution in [1.82, 2.24) is 4.90 Å². The summed E-state index contributed by atoms with van der Waals surface area (Å²) in [6.45, 7) is -0.683. The van der Waals surface area contributed by atoms with Gasteiger partial charge >= 0.3 is 11.9 Å². The van der Waals surface area contributed by atoms with Crippen LogP contribution < -0.4 is 0 Å². The number of hydrogen-bond acceptors (Lipinski definition) is 5. The van der Waals surface area contributed by atoms with E-state index in [-0.39, 0.29) is 25.7 Å². The van der Waals surface area contributed by atoms with Gasteiger partial charge in [-0.15, -0.1) is 0 Å². The molecule has 0 heterocycles. The van der Waals surface area contributed by atoms with Crippen LogP contribution in [-0.4, -0.2) is 62.8 Å². The first-order chi connectivity index (χ1) is 8.93. The quantitative estimate of drug-likeness (QED) is 0.494. The lowest BCUT2D eigenvalue weighted by atomic mass is 10.1. The highest BCUT2D eigenvalue weighted by Gasteiger charge is 2.28. The zero-order chi connectivity index (χ0) is 14.8. The monoisotopic (exact) mass is 293 g/mol. The predicted molar refractivity (Wildman–Crippen MR) is 69.8 cm³/mol. The Hall–Kier alpha value is -1.28. The lowest BCUT2D eigenvalue weighted by molar-refractivity contribution is -0.154. The van der Waals surface area contributed by atoms with Crippen LogP contribution in [0.3, 0.4) is 0 Å². The van der Waals surface area contributed by atoms with E-state index in [9.17, 15) is 14.4 Å². The first-order valence-electron chi connectivity index (χ1n) is 5.77. The topological polar surface area (TPSA) is 115 Å². The van der Waals surface area contributed by atoms with E-state index in [0.717, 1.165) is 4.90 Å². The molecule has 0 aromatic rings. The van der Waals surface area contributed by atoms with Gasteiger partial charge < -0.3 is 20.2 Å². The van der Waals surface area contributed by atoms with Gasteiger partial charge in [0.1, 0.15) is 12.8 Å². The SMILES string of the molecule is CSCC[C@@H](C(=O)O)N(CO)C(=O)CCCC(=O)O. The molecule has 0 aliphatic carbocycles. The summed E-state index contributed by atoms with van der Waals surface area (Å²) < 4.78 is 0. The molecule has 0 saturated carbocycles. The van der Waals surface area contributed by atoms with Gasteiger partial charge in [-0.05, 0) is 24.9 Å². The molecule has 3 N–H and O–H groups in total. The van der Waals surface area contributed by atoms with Crippen molar-refractivity contribution >= 4 is 29.6 Å². The number of thioether (sulfide) groups is 1. The van der Waals surface area contributed by atoms with Crippen molar-refractivity contribution in [3.8, 4) is 0 Å². The summed E-state index contributed by atoms with van der Waals surface area (Å²) in [5.41, 5.74) is 0. The van der Waals surface area contributed by atoms with Gasteiger partial charge in [0, 0.05) is 12.8 Å². The molecular weight excluding hydrogens is 274 g/mol. The number of rotatable bonds is 10. The lowest BCUT2D eigenvalue weighted by Crippen LogP contribution is -2.46. The third-order valence-electron chi connectivity index (χ3n) is 2.51.